The lowest BCUT2D eigenvalue weighted by Gasteiger charge is -2.22. The van der Waals surface area contributed by atoms with Gasteiger partial charge in [-0.3, -0.25) is 0 Å². The molecule has 3 rings (SSSR count). The van der Waals surface area contributed by atoms with Crippen molar-refractivity contribution in [2.45, 2.75) is 26.3 Å². The van der Waals surface area contributed by atoms with Crippen molar-refractivity contribution in [3.8, 4) is 0 Å². The first-order valence-electron chi connectivity index (χ1n) is 7.36. The van der Waals surface area contributed by atoms with Crippen LogP contribution < -0.4 is 10.2 Å². The van der Waals surface area contributed by atoms with E-state index in [1.807, 2.05) is 0 Å². The number of hydrogen-bond donors (Lipinski definition) is 1. The van der Waals surface area contributed by atoms with Gasteiger partial charge in [0.25, 0.3) is 0 Å². The summed E-state index contributed by atoms with van der Waals surface area (Å²) < 4.78 is 0. The summed E-state index contributed by atoms with van der Waals surface area (Å²) in [5, 5.41) is 3.47. The van der Waals surface area contributed by atoms with Crippen LogP contribution in [0, 0.1) is 6.92 Å². The second-order valence-electron chi connectivity index (χ2n) is 5.71. The molecule has 2 nitrogen and oxygen atoms in total. The molecule has 0 unspecified atom stereocenters. The van der Waals surface area contributed by atoms with Crippen LogP contribution in [0.3, 0.4) is 0 Å². The molecule has 0 saturated carbocycles. The summed E-state index contributed by atoms with van der Waals surface area (Å²) in [4.78, 5) is 2.30. The molecule has 2 aromatic rings. The van der Waals surface area contributed by atoms with Gasteiger partial charge in [-0.15, -0.1) is 0 Å². The second kappa shape index (κ2) is 5.58. The lowest BCUT2D eigenvalue weighted by molar-refractivity contribution is 0.824. The zero-order valence-corrected chi connectivity index (χ0v) is 12.3. The molecule has 0 fully saturated rings. The number of nitrogens with one attached hydrogen (secondary N) is 1. The van der Waals surface area contributed by atoms with Crippen LogP contribution in [-0.2, 0) is 13.0 Å². The largest absolute Gasteiger partial charge is 0.385 e. The van der Waals surface area contributed by atoms with E-state index in [1.165, 1.54) is 40.9 Å². The van der Waals surface area contributed by atoms with Gasteiger partial charge < -0.3 is 10.2 Å². The molecule has 1 N–H and O–H groups in total. The molecule has 104 valence electrons. The van der Waals surface area contributed by atoms with Gasteiger partial charge in [-0.25, -0.2) is 0 Å². The monoisotopic (exact) mass is 266 g/mol. The molecule has 1 aliphatic rings. The predicted octanol–water partition coefficient (Wildman–Crippen LogP) is 3.99. The van der Waals surface area contributed by atoms with Gasteiger partial charge in [0.2, 0.25) is 0 Å². The van der Waals surface area contributed by atoms with Crippen LogP contribution >= 0.6 is 0 Å². The summed E-state index contributed by atoms with van der Waals surface area (Å²) in [5.41, 5.74) is 6.74. The van der Waals surface area contributed by atoms with Crippen LogP contribution in [0.5, 0.6) is 0 Å². The van der Waals surface area contributed by atoms with Crippen molar-refractivity contribution in [3.63, 3.8) is 0 Å². The van der Waals surface area contributed by atoms with Crippen molar-refractivity contribution < 1.29 is 0 Å². The average molecular weight is 266 g/mol. The highest BCUT2D eigenvalue weighted by Crippen LogP contribution is 2.24. The fourth-order valence-corrected chi connectivity index (χ4v) is 2.79. The lowest BCUT2D eigenvalue weighted by atomic mass is 10.0. The number of fused-ring (bicyclic) bond motifs is 1. The Morgan fingerprint density at radius 2 is 1.90 bits per heavy atom. The maximum absolute atomic E-state index is 3.47. The Morgan fingerprint density at radius 1 is 1.10 bits per heavy atom. The van der Waals surface area contributed by atoms with Gasteiger partial charge in [-0.1, -0.05) is 29.8 Å². The third-order valence-corrected chi connectivity index (χ3v) is 4.00. The fourth-order valence-electron chi connectivity index (χ4n) is 2.79. The van der Waals surface area contributed by atoms with Crippen molar-refractivity contribution in [1.29, 1.82) is 0 Å². The summed E-state index contributed by atoms with van der Waals surface area (Å²) in [7, 11) is 2.16. The van der Waals surface area contributed by atoms with Gasteiger partial charge in [0, 0.05) is 31.5 Å². The molecule has 0 aliphatic carbocycles. The topological polar surface area (TPSA) is 15.3 Å². The molecule has 2 heteroatoms. The first kappa shape index (κ1) is 13.0. The van der Waals surface area contributed by atoms with Crippen molar-refractivity contribution >= 4 is 11.4 Å². The van der Waals surface area contributed by atoms with Crippen molar-refractivity contribution in [3.05, 3.63) is 59.2 Å². The number of anilines is 2. The van der Waals surface area contributed by atoms with Crippen LogP contribution in [0.2, 0.25) is 0 Å². The Labute approximate surface area is 121 Å². The second-order valence-corrected chi connectivity index (χ2v) is 5.71. The molecule has 0 atom stereocenters. The molecule has 20 heavy (non-hydrogen) atoms. The highest BCUT2D eigenvalue weighted by atomic mass is 15.1. The minimum absolute atomic E-state index is 0.955. The van der Waals surface area contributed by atoms with Gasteiger partial charge in [-0.05, 0) is 49.1 Å². The Hall–Kier alpha value is -1.96. The van der Waals surface area contributed by atoms with Crippen LogP contribution in [0.25, 0.3) is 0 Å². The van der Waals surface area contributed by atoms with Gasteiger partial charge >= 0.3 is 0 Å². The van der Waals surface area contributed by atoms with Crippen LogP contribution in [0.1, 0.15) is 23.1 Å². The third kappa shape index (κ3) is 2.79. The quantitative estimate of drug-likeness (QED) is 0.903. The number of rotatable bonds is 3. The van der Waals surface area contributed by atoms with Crippen LogP contribution in [-0.4, -0.2) is 13.6 Å². The predicted molar refractivity (Wildman–Crippen MR) is 86.5 cm³/mol. The summed E-state index contributed by atoms with van der Waals surface area (Å²) in [5.74, 6) is 0. The SMILES string of the molecule is Cc1ccc(N(C)Cc2ccc3c(c2)CCCN3)cc1. The number of aryl methyl sites for hydroxylation is 2. The van der Waals surface area contributed by atoms with E-state index in [4.69, 9.17) is 0 Å². The third-order valence-electron chi connectivity index (χ3n) is 4.00. The summed E-state index contributed by atoms with van der Waals surface area (Å²) in [6, 6.07) is 15.5. The van der Waals surface area contributed by atoms with Crippen LogP contribution in [0.4, 0.5) is 11.4 Å². The lowest BCUT2D eigenvalue weighted by Crippen LogP contribution is -2.17. The van der Waals surface area contributed by atoms with Gasteiger partial charge in [-0.2, -0.15) is 0 Å². The molecule has 0 amide bonds. The summed E-state index contributed by atoms with van der Waals surface area (Å²) >= 11 is 0. The maximum Gasteiger partial charge on any atom is 0.0426 e. The fraction of sp³-hybridized carbons (Fsp3) is 0.333. The van der Waals surface area contributed by atoms with Crippen LogP contribution in [0.15, 0.2) is 42.5 Å². The molecule has 0 spiro atoms. The molecule has 0 bridgehead atoms. The minimum atomic E-state index is 0.955. The average Bonchev–Trinajstić information content (AvgIpc) is 2.48. The van der Waals surface area contributed by atoms with E-state index in [0.29, 0.717) is 0 Å². The van der Waals surface area contributed by atoms with E-state index >= 15 is 0 Å². The van der Waals surface area contributed by atoms with E-state index in [2.05, 4.69) is 66.7 Å². The maximum atomic E-state index is 3.47. The first-order valence-corrected chi connectivity index (χ1v) is 7.36. The standard InChI is InChI=1S/C18H22N2/c1-14-5-8-17(9-6-14)20(2)13-15-7-10-18-16(12-15)4-3-11-19-18/h5-10,12,19H,3-4,11,13H2,1-2H3. The van der Waals surface area contributed by atoms with Gasteiger partial charge in [0.05, 0.1) is 0 Å². The van der Waals surface area contributed by atoms with Gasteiger partial charge in [0.15, 0.2) is 0 Å². The Balaban J connectivity index is 1.75. The first-order chi connectivity index (χ1) is 9.72. The highest BCUT2D eigenvalue weighted by molar-refractivity contribution is 5.55. The number of benzene rings is 2. The Morgan fingerprint density at radius 3 is 2.70 bits per heavy atom. The Kier molecular flexibility index (Phi) is 3.64. The zero-order valence-electron chi connectivity index (χ0n) is 12.3. The molecular weight excluding hydrogens is 244 g/mol. The molecule has 0 saturated heterocycles. The van der Waals surface area contributed by atoms with Crippen molar-refractivity contribution in [2.24, 2.45) is 0 Å². The number of nitrogens with zero attached hydrogens (tertiary/aromatic N) is 1. The molecular formula is C18H22N2. The number of hydrogen-bond acceptors (Lipinski definition) is 2. The van der Waals surface area contributed by atoms with Gasteiger partial charge in [0.1, 0.15) is 0 Å². The minimum Gasteiger partial charge on any atom is -0.385 e. The van der Waals surface area contributed by atoms with E-state index in [0.717, 1.165) is 13.1 Å². The zero-order chi connectivity index (χ0) is 13.9. The molecule has 0 radical (unpaired) electrons. The van der Waals surface area contributed by atoms with E-state index in [9.17, 15) is 0 Å². The molecule has 1 heterocycles. The summed E-state index contributed by atoms with van der Waals surface area (Å²) in [6.45, 7) is 4.19. The van der Waals surface area contributed by atoms with E-state index in [1.54, 1.807) is 0 Å². The van der Waals surface area contributed by atoms with Crippen molar-refractivity contribution in [2.75, 3.05) is 23.8 Å². The Bertz CT molecular complexity index is 587. The van der Waals surface area contributed by atoms with E-state index < -0.39 is 0 Å². The molecule has 0 aromatic heterocycles. The smallest absolute Gasteiger partial charge is 0.0426 e. The highest BCUT2D eigenvalue weighted by Gasteiger charge is 2.09. The van der Waals surface area contributed by atoms with E-state index in [-0.39, 0.29) is 0 Å². The normalized spacial score (nSPS) is 13.5. The molecule has 1 aliphatic heterocycles. The van der Waals surface area contributed by atoms with Crippen molar-refractivity contribution in [1.82, 2.24) is 0 Å². The molecule has 2 aromatic carbocycles. The summed E-state index contributed by atoms with van der Waals surface area (Å²) in [6.07, 6.45) is 2.44.